The number of benzene rings is 1. The highest BCUT2D eigenvalue weighted by Gasteiger charge is 2.34. The predicted octanol–water partition coefficient (Wildman–Crippen LogP) is 5.02. The Morgan fingerprint density at radius 3 is 2.77 bits per heavy atom. The molecule has 1 aliphatic heterocycles. The number of anilines is 1. The molecule has 0 radical (unpaired) electrons. The Morgan fingerprint density at radius 2 is 2.02 bits per heavy atom. The van der Waals surface area contributed by atoms with Gasteiger partial charge in [-0.15, -0.1) is 16.9 Å². The summed E-state index contributed by atoms with van der Waals surface area (Å²) in [5, 5.41) is 8.42. The minimum Gasteiger partial charge on any atom is -0.368 e. The number of aromatic nitrogens is 2. The molecule has 0 saturated heterocycles. The predicted molar refractivity (Wildman–Crippen MR) is 171 cm³/mol. The Kier molecular flexibility index (Phi) is 9.22. The van der Waals surface area contributed by atoms with Gasteiger partial charge in [0.25, 0.3) is 0 Å². The van der Waals surface area contributed by atoms with Crippen molar-refractivity contribution in [2.24, 2.45) is 17.0 Å². The average molecular weight is 639 g/mol. The maximum atomic E-state index is 13.8. The number of ether oxygens (including phenoxy) is 1. The van der Waals surface area contributed by atoms with E-state index in [9.17, 15) is 13.2 Å². The molecule has 3 aromatic rings. The summed E-state index contributed by atoms with van der Waals surface area (Å²) in [6.07, 6.45) is 4.98. The molecule has 4 atom stereocenters. The third-order valence-electron chi connectivity index (χ3n) is 7.92. The van der Waals surface area contributed by atoms with Gasteiger partial charge in [-0.2, -0.15) is 8.42 Å². The van der Waals surface area contributed by atoms with E-state index in [0.717, 1.165) is 34.4 Å². The number of ketones is 1. The number of hydrogen-bond acceptors (Lipinski definition) is 9. The summed E-state index contributed by atoms with van der Waals surface area (Å²) < 4.78 is 33.7. The number of rotatable bonds is 8. The second kappa shape index (κ2) is 12.6. The first-order chi connectivity index (χ1) is 20.3. The van der Waals surface area contributed by atoms with E-state index in [1.54, 1.807) is 6.20 Å². The van der Waals surface area contributed by atoms with Gasteiger partial charge in [-0.25, -0.2) is 15.1 Å². The van der Waals surface area contributed by atoms with E-state index in [0.29, 0.717) is 29.3 Å². The molecule has 0 amide bonds. The van der Waals surface area contributed by atoms with Crippen LogP contribution in [0.25, 0.3) is 0 Å². The highest BCUT2D eigenvalue weighted by molar-refractivity contribution is 7.84. The van der Waals surface area contributed by atoms with Crippen LogP contribution in [0.3, 0.4) is 0 Å². The summed E-state index contributed by atoms with van der Waals surface area (Å²) in [6, 6.07) is 8.33. The van der Waals surface area contributed by atoms with E-state index in [2.05, 4.69) is 64.6 Å². The van der Waals surface area contributed by atoms with Gasteiger partial charge >= 0.3 is 10.3 Å². The normalized spacial score (nSPS) is 22.0. The first-order valence-corrected chi connectivity index (χ1v) is 20.2. The fourth-order valence-corrected chi connectivity index (χ4v) is 7.60. The quantitative estimate of drug-likeness (QED) is 0.200. The molecule has 2 aromatic heterocycles. The molecule has 12 heteroatoms. The van der Waals surface area contributed by atoms with E-state index in [-0.39, 0.29) is 36.4 Å². The molecule has 43 heavy (non-hydrogen) atoms. The minimum absolute atomic E-state index is 0.00320. The largest absolute Gasteiger partial charge is 0.368 e. The third-order valence-corrected chi connectivity index (χ3v) is 10.3. The molecule has 9 nitrogen and oxygen atoms in total. The van der Waals surface area contributed by atoms with E-state index in [1.807, 2.05) is 19.9 Å². The van der Waals surface area contributed by atoms with Crippen molar-refractivity contribution in [1.29, 1.82) is 0 Å². The lowest BCUT2D eigenvalue weighted by atomic mass is 9.91. The topological polar surface area (TPSA) is 133 Å². The number of aryl methyl sites for hydroxylation is 1. The highest BCUT2D eigenvalue weighted by Crippen LogP contribution is 2.39. The molecule has 1 saturated carbocycles. The standard InChI is InChI=1S/C31H38N4O5S2Si/c1-19-12-24(14-23(19)17-40-42(32,37)38)35-31-27(16-33-18-34-31)29(36)28-15-25(20(2)41-28)30-26-13-21(9-11-43(3,4)5)6-7-22(26)8-10-39-30/h6-7,13,15-16,18-19,23-24,30H,8,10,12,14,17H2,1-5H3,(H2,32,37,38)(H,33,34,35)/t19-,23+,24-,30?/m0/s1. The van der Waals surface area contributed by atoms with Gasteiger partial charge in [0.1, 0.15) is 26.3 Å². The maximum Gasteiger partial charge on any atom is 0.333 e. The summed E-state index contributed by atoms with van der Waals surface area (Å²) >= 11 is 1.44. The number of fused-ring (bicyclic) bond motifs is 1. The second-order valence-corrected chi connectivity index (χ2v) is 19.7. The van der Waals surface area contributed by atoms with Crippen LogP contribution in [0.4, 0.5) is 5.82 Å². The van der Waals surface area contributed by atoms with Crippen LogP contribution in [0, 0.1) is 30.2 Å². The average Bonchev–Trinajstić information content (AvgIpc) is 3.50. The maximum absolute atomic E-state index is 13.8. The zero-order valence-corrected chi connectivity index (χ0v) is 27.8. The van der Waals surface area contributed by atoms with Crippen LogP contribution in [0.15, 0.2) is 36.8 Å². The Morgan fingerprint density at radius 1 is 1.23 bits per heavy atom. The molecule has 1 aliphatic carbocycles. The Hall–Kier alpha value is -2.92. The van der Waals surface area contributed by atoms with Gasteiger partial charge in [-0.1, -0.05) is 38.6 Å². The molecule has 0 bridgehead atoms. The first kappa shape index (κ1) is 31.5. The number of nitrogens with two attached hydrogens (primary N) is 1. The molecule has 3 N–H and O–H groups in total. The number of carbonyl (C=O) groups is 1. The van der Waals surface area contributed by atoms with Gasteiger partial charge in [-0.3, -0.25) is 8.98 Å². The van der Waals surface area contributed by atoms with Gasteiger partial charge in [0, 0.05) is 22.7 Å². The number of hydrogen-bond donors (Lipinski definition) is 2. The fourth-order valence-electron chi connectivity index (χ4n) is 5.71. The van der Waals surface area contributed by atoms with Crippen LogP contribution in [-0.2, 0) is 25.6 Å². The van der Waals surface area contributed by atoms with Crippen LogP contribution in [0.2, 0.25) is 19.6 Å². The molecular weight excluding hydrogens is 601 g/mol. The van der Waals surface area contributed by atoms with Gasteiger partial charge in [-0.05, 0) is 72.9 Å². The third kappa shape index (κ3) is 7.78. The van der Waals surface area contributed by atoms with Crippen molar-refractivity contribution in [2.75, 3.05) is 18.5 Å². The van der Waals surface area contributed by atoms with E-state index in [4.69, 9.17) is 14.1 Å². The molecule has 228 valence electrons. The highest BCUT2D eigenvalue weighted by atomic mass is 32.2. The lowest BCUT2D eigenvalue weighted by molar-refractivity contribution is 0.0697. The molecule has 5 rings (SSSR count). The Labute approximate surface area is 258 Å². The van der Waals surface area contributed by atoms with Crippen molar-refractivity contribution >= 4 is 41.3 Å². The van der Waals surface area contributed by atoms with Crippen LogP contribution >= 0.6 is 11.3 Å². The molecular formula is C31H38N4O5S2Si. The minimum atomic E-state index is -3.99. The van der Waals surface area contributed by atoms with Crippen molar-refractivity contribution < 1.29 is 22.1 Å². The molecule has 2 aliphatic rings. The van der Waals surface area contributed by atoms with Crippen LogP contribution in [-0.4, -0.2) is 51.5 Å². The summed E-state index contributed by atoms with van der Waals surface area (Å²) in [5.41, 5.74) is 8.16. The van der Waals surface area contributed by atoms with Crippen molar-refractivity contribution in [3.8, 4) is 11.5 Å². The molecule has 1 unspecified atom stereocenters. The van der Waals surface area contributed by atoms with Crippen molar-refractivity contribution in [1.82, 2.24) is 9.97 Å². The zero-order valence-electron chi connectivity index (χ0n) is 25.1. The Bertz CT molecular complexity index is 1690. The summed E-state index contributed by atoms with van der Waals surface area (Å²) in [4.78, 5) is 24.0. The Balaban J connectivity index is 1.36. The molecule has 1 aromatic carbocycles. The second-order valence-electron chi connectivity index (χ2n) is 12.5. The monoisotopic (exact) mass is 638 g/mol. The zero-order chi connectivity index (χ0) is 30.9. The number of thiophene rings is 1. The van der Waals surface area contributed by atoms with Gasteiger partial charge < -0.3 is 10.1 Å². The number of nitrogens with one attached hydrogen (secondary N) is 1. The summed E-state index contributed by atoms with van der Waals surface area (Å²) in [6.45, 7) is 11.4. The van der Waals surface area contributed by atoms with Crippen molar-refractivity contribution in [3.05, 3.63) is 74.4 Å². The molecule has 1 fully saturated rings. The summed E-state index contributed by atoms with van der Waals surface area (Å²) in [7, 11) is -5.51. The number of carbonyl (C=O) groups excluding carboxylic acids is 1. The van der Waals surface area contributed by atoms with E-state index < -0.39 is 18.4 Å². The molecule has 0 spiro atoms. The van der Waals surface area contributed by atoms with E-state index in [1.165, 1.54) is 23.2 Å². The van der Waals surface area contributed by atoms with Crippen molar-refractivity contribution in [2.45, 2.75) is 64.9 Å². The molecule has 3 heterocycles. The fraction of sp³-hybridized carbons (Fsp3) is 0.452. The lowest BCUT2D eigenvalue weighted by Gasteiger charge is -2.26. The van der Waals surface area contributed by atoms with Gasteiger partial charge in [0.2, 0.25) is 5.78 Å². The SMILES string of the molecule is Cc1sc(C(=O)c2cncnc2N[C@@H]2C[C@H](COS(N)(=O)=O)[C@@H](C)C2)cc1C1OCCc2ccc(C#C[Si](C)(C)C)cc21. The van der Waals surface area contributed by atoms with Gasteiger partial charge in [0.05, 0.1) is 23.7 Å². The van der Waals surface area contributed by atoms with Crippen LogP contribution < -0.4 is 10.5 Å². The lowest BCUT2D eigenvalue weighted by Crippen LogP contribution is -2.22. The van der Waals surface area contributed by atoms with E-state index >= 15 is 0 Å². The van der Waals surface area contributed by atoms with Crippen molar-refractivity contribution in [3.63, 3.8) is 0 Å². The van der Waals surface area contributed by atoms with Crippen LogP contribution in [0.5, 0.6) is 0 Å². The number of nitrogens with zero attached hydrogens (tertiary/aromatic N) is 2. The van der Waals surface area contributed by atoms with Gasteiger partial charge in [0.15, 0.2) is 0 Å². The summed E-state index contributed by atoms with van der Waals surface area (Å²) in [5.74, 6) is 3.89. The van der Waals surface area contributed by atoms with Crippen LogP contribution in [0.1, 0.15) is 68.2 Å². The first-order valence-electron chi connectivity index (χ1n) is 14.4. The smallest absolute Gasteiger partial charge is 0.333 e.